The molecule has 4 saturated carbocycles. The van der Waals surface area contributed by atoms with Crippen molar-refractivity contribution in [2.75, 3.05) is 6.61 Å². The number of nitrogens with two attached hydrogens (primary N) is 1. The van der Waals surface area contributed by atoms with E-state index in [1.54, 1.807) is 0 Å². The quantitative estimate of drug-likeness (QED) is 0.885. The molecule has 20 heavy (non-hydrogen) atoms. The molecule has 0 aromatic carbocycles. The number of nitrogens with zero attached hydrogens (tertiary/aromatic N) is 2. The van der Waals surface area contributed by atoms with Crippen LogP contribution >= 0.6 is 0 Å². The summed E-state index contributed by atoms with van der Waals surface area (Å²) in [6.07, 6.45) is 10.3. The maximum absolute atomic E-state index is 9.47. The summed E-state index contributed by atoms with van der Waals surface area (Å²) in [5.41, 5.74) is 8.87. The molecular formula is C16H25N3O. The number of hydrogen-bond acceptors (Lipinski definition) is 3. The van der Waals surface area contributed by atoms with Gasteiger partial charge in [0.05, 0.1) is 24.5 Å². The zero-order chi connectivity index (χ0) is 13.9. The average molecular weight is 275 g/mol. The van der Waals surface area contributed by atoms with E-state index in [1.165, 1.54) is 44.1 Å². The predicted octanol–water partition coefficient (Wildman–Crippen LogP) is 1.88. The number of aromatic nitrogens is 2. The smallest absolute Gasteiger partial charge is 0.0704 e. The van der Waals surface area contributed by atoms with Crippen molar-refractivity contribution in [3.05, 3.63) is 17.5 Å². The maximum atomic E-state index is 9.47. The average Bonchev–Trinajstić information content (AvgIpc) is 2.79. The Morgan fingerprint density at radius 2 is 1.85 bits per heavy atom. The van der Waals surface area contributed by atoms with Crippen LogP contribution in [0.4, 0.5) is 0 Å². The third-order valence-electron chi connectivity index (χ3n) is 6.14. The highest BCUT2D eigenvalue weighted by molar-refractivity contribution is 5.33. The number of aliphatic hydroxyl groups is 1. The molecule has 0 spiro atoms. The van der Waals surface area contributed by atoms with Crippen molar-refractivity contribution >= 4 is 0 Å². The predicted molar refractivity (Wildman–Crippen MR) is 77.1 cm³/mol. The third-order valence-corrected chi connectivity index (χ3v) is 6.14. The SMILES string of the molecule is Cn1ncc(C23CC4CC(CC(C4)C2)C3)c1C(N)CO. The Bertz CT molecular complexity index is 487. The Hall–Kier alpha value is -0.870. The second kappa shape index (κ2) is 4.31. The van der Waals surface area contributed by atoms with Crippen LogP contribution in [0.5, 0.6) is 0 Å². The lowest BCUT2D eigenvalue weighted by molar-refractivity contribution is -0.00589. The topological polar surface area (TPSA) is 64.1 Å². The standard InChI is InChI=1S/C16H25N3O/c1-19-15(14(17)9-20)13(8-18-19)16-5-10-2-11(6-16)4-12(3-10)7-16/h8,10-12,14,20H,2-7,9,17H2,1H3. The van der Waals surface area contributed by atoms with E-state index in [0.717, 1.165) is 23.4 Å². The fourth-order valence-corrected chi connectivity index (χ4v) is 5.82. The molecule has 4 aliphatic rings. The van der Waals surface area contributed by atoms with E-state index in [-0.39, 0.29) is 12.6 Å². The molecule has 5 rings (SSSR count). The molecule has 1 unspecified atom stereocenters. The van der Waals surface area contributed by atoms with Gasteiger partial charge in [0.2, 0.25) is 0 Å². The van der Waals surface area contributed by atoms with Crippen molar-refractivity contribution < 1.29 is 5.11 Å². The van der Waals surface area contributed by atoms with Crippen LogP contribution in [0.1, 0.15) is 55.8 Å². The minimum atomic E-state index is -0.300. The van der Waals surface area contributed by atoms with Gasteiger partial charge in [0.1, 0.15) is 0 Å². The highest BCUT2D eigenvalue weighted by Gasteiger charge is 2.53. The van der Waals surface area contributed by atoms with E-state index >= 15 is 0 Å². The van der Waals surface area contributed by atoms with Gasteiger partial charge in [-0.25, -0.2) is 0 Å². The van der Waals surface area contributed by atoms with Gasteiger partial charge >= 0.3 is 0 Å². The lowest BCUT2D eigenvalue weighted by atomic mass is 9.48. The van der Waals surface area contributed by atoms with Gasteiger partial charge in [-0.15, -0.1) is 0 Å². The van der Waals surface area contributed by atoms with Gasteiger partial charge in [0.25, 0.3) is 0 Å². The van der Waals surface area contributed by atoms with E-state index in [9.17, 15) is 5.11 Å². The number of aryl methyl sites for hydroxylation is 1. The summed E-state index contributed by atoms with van der Waals surface area (Å²) in [6.45, 7) is -0.00109. The van der Waals surface area contributed by atoms with Crippen molar-refractivity contribution in [3.8, 4) is 0 Å². The summed E-state index contributed by atoms with van der Waals surface area (Å²) in [5.74, 6) is 2.75. The van der Waals surface area contributed by atoms with Crippen LogP contribution in [-0.4, -0.2) is 21.5 Å². The van der Waals surface area contributed by atoms with E-state index in [4.69, 9.17) is 5.73 Å². The largest absolute Gasteiger partial charge is 0.394 e. The van der Waals surface area contributed by atoms with Gasteiger partial charge in [0, 0.05) is 12.6 Å². The van der Waals surface area contributed by atoms with E-state index in [1.807, 2.05) is 17.9 Å². The number of rotatable bonds is 3. The summed E-state index contributed by atoms with van der Waals surface area (Å²) >= 11 is 0. The molecule has 1 aromatic rings. The minimum absolute atomic E-state index is 0.00109. The molecule has 4 bridgehead atoms. The second-order valence-corrected chi connectivity index (χ2v) is 7.55. The van der Waals surface area contributed by atoms with Crippen molar-refractivity contribution in [1.82, 2.24) is 9.78 Å². The first-order valence-electron chi connectivity index (χ1n) is 8.00. The molecule has 0 aliphatic heterocycles. The van der Waals surface area contributed by atoms with Gasteiger partial charge in [0.15, 0.2) is 0 Å². The first-order chi connectivity index (χ1) is 9.61. The van der Waals surface area contributed by atoms with Gasteiger partial charge in [-0.2, -0.15) is 5.10 Å². The van der Waals surface area contributed by atoms with Gasteiger partial charge in [-0.3, -0.25) is 4.68 Å². The Morgan fingerprint density at radius 3 is 2.35 bits per heavy atom. The highest BCUT2D eigenvalue weighted by Crippen LogP contribution is 2.61. The molecule has 1 heterocycles. The Kier molecular flexibility index (Phi) is 2.77. The maximum Gasteiger partial charge on any atom is 0.0704 e. The lowest BCUT2D eigenvalue weighted by Gasteiger charge is -2.57. The van der Waals surface area contributed by atoms with Crippen LogP contribution in [0.15, 0.2) is 6.20 Å². The summed E-state index contributed by atoms with van der Waals surface area (Å²) in [6, 6.07) is -0.300. The molecule has 0 amide bonds. The van der Waals surface area contributed by atoms with Gasteiger partial charge < -0.3 is 10.8 Å². The van der Waals surface area contributed by atoms with E-state index in [2.05, 4.69) is 5.10 Å². The number of aliphatic hydroxyl groups excluding tert-OH is 1. The van der Waals surface area contributed by atoms with Crippen LogP contribution < -0.4 is 5.73 Å². The monoisotopic (exact) mass is 275 g/mol. The molecular weight excluding hydrogens is 250 g/mol. The molecule has 1 aromatic heterocycles. The summed E-state index contributed by atoms with van der Waals surface area (Å²) < 4.78 is 1.88. The molecule has 3 N–H and O–H groups in total. The van der Waals surface area contributed by atoms with Gasteiger partial charge in [-0.05, 0) is 61.7 Å². The van der Waals surface area contributed by atoms with Crippen molar-refractivity contribution in [2.45, 2.75) is 50.0 Å². The molecule has 4 heteroatoms. The molecule has 0 radical (unpaired) electrons. The summed E-state index contributed by atoms with van der Waals surface area (Å²) in [5, 5.41) is 13.9. The van der Waals surface area contributed by atoms with Crippen molar-refractivity contribution in [1.29, 1.82) is 0 Å². The van der Waals surface area contributed by atoms with Crippen molar-refractivity contribution in [3.63, 3.8) is 0 Å². The lowest BCUT2D eigenvalue weighted by Crippen LogP contribution is -2.49. The molecule has 4 fully saturated rings. The van der Waals surface area contributed by atoms with Crippen LogP contribution in [0, 0.1) is 17.8 Å². The summed E-state index contributed by atoms with van der Waals surface area (Å²) in [4.78, 5) is 0. The second-order valence-electron chi connectivity index (χ2n) is 7.55. The molecule has 1 atom stereocenters. The fraction of sp³-hybridized carbons (Fsp3) is 0.812. The van der Waals surface area contributed by atoms with Gasteiger partial charge in [-0.1, -0.05) is 0 Å². The molecule has 0 saturated heterocycles. The van der Waals surface area contributed by atoms with E-state index in [0.29, 0.717) is 5.41 Å². The Balaban J connectivity index is 1.77. The third kappa shape index (κ3) is 1.70. The Labute approximate surface area is 120 Å². The van der Waals surface area contributed by atoms with E-state index < -0.39 is 0 Å². The van der Waals surface area contributed by atoms with Crippen molar-refractivity contribution in [2.24, 2.45) is 30.5 Å². The van der Waals surface area contributed by atoms with Crippen LogP contribution in [0.2, 0.25) is 0 Å². The molecule has 4 nitrogen and oxygen atoms in total. The van der Waals surface area contributed by atoms with Crippen LogP contribution in [-0.2, 0) is 12.5 Å². The zero-order valence-electron chi connectivity index (χ0n) is 12.3. The first kappa shape index (κ1) is 12.8. The normalized spacial score (nSPS) is 40.2. The Morgan fingerprint density at radius 1 is 1.30 bits per heavy atom. The minimum Gasteiger partial charge on any atom is -0.394 e. The van der Waals surface area contributed by atoms with Crippen LogP contribution in [0.3, 0.4) is 0 Å². The molecule has 4 aliphatic carbocycles. The first-order valence-corrected chi connectivity index (χ1v) is 8.00. The van der Waals surface area contributed by atoms with Crippen LogP contribution in [0.25, 0.3) is 0 Å². The molecule has 110 valence electrons. The summed E-state index contributed by atoms with van der Waals surface area (Å²) in [7, 11) is 1.95. The zero-order valence-corrected chi connectivity index (χ0v) is 12.3. The number of hydrogen-bond donors (Lipinski definition) is 2. The highest BCUT2D eigenvalue weighted by atomic mass is 16.3. The fourth-order valence-electron chi connectivity index (χ4n) is 5.82.